The Balaban J connectivity index is 2.63. The van der Waals surface area contributed by atoms with Crippen molar-refractivity contribution in [3.05, 3.63) is 23.8 Å². The Bertz CT molecular complexity index is 374. The molecule has 1 aromatic rings. The first-order valence-electron chi connectivity index (χ1n) is 5.58. The van der Waals surface area contributed by atoms with Crippen LogP contribution in [0.25, 0.3) is 0 Å². The molecular formula is C13H20N2O. The molecule has 0 aliphatic heterocycles. The third-order valence-electron chi connectivity index (χ3n) is 2.71. The summed E-state index contributed by atoms with van der Waals surface area (Å²) >= 11 is 0. The maximum Gasteiger partial charge on any atom is 0.142 e. The van der Waals surface area contributed by atoms with Crippen molar-refractivity contribution in [1.29, 1.82) is 5.41 Å². The summed E-state index contributed by atoms with van der Waals surface area (Å²) < 4.78 is 5.64. The minimum Gasteiger partial charge on any atom is -0.491 e. The summed E-state index contributed by atoms with van der Waals surface area (Å²) in [5.74, 6) is 0.894. The number of hydrogen-bond donors (Lipinski definition) is 2. The highest BCUT2D eigenvalue weighted by molar-refractivity contribution is 5.81. The van der Waals surface area contributed by atoms with Crippen molar-refractivity contribution < 1.29 is 4.74 Å². The summed E-state index contributed by atoms with van der Waals surface area (Å²) in [6.07, 6.45) is 0.918. The van der Waals surface area contributed by atoms with E-state index in [-0.39, 0.29) is 5.92 Å². The Morgan fingerprint density at radius 2 is 2.19 bits per heavy atom. The SMILES string of the molecule is CCC(COc1ccc(C)cc1N)C(C)=N. The van der Waals surface area contributed by atoms with Crippen LogP contribution in [0.1, 0.15) is 25.8 Å². The summed E-state index contributed by atoms with van der Waals surface area (Å²) in [6.45, 7) is 6.40. The van der Waals surface area contributed by atoms with Crippen molar-refractivity contribution in [3.8, 4) is 5.75 Å². The van der Waals surface area contributed by atoms with Gasteiger partial charge in [0.2, 0.25) is 0 Å². The Morgan fingerprint density at radius 1 is 1.50 bits per heavy atom. The first-order chi connectivity index (χ1) is 7.54. The monoisotopic (exact) mass is 220 g/mol. The molecule has 3 heteroatoms. The molecule has 0 bridgehead atoms. The minimum absolute atomic E-state index is 0.181. The second kappa shape index (κ2) is 5.54. The van der Waals surface area contributed by atoms with Gasteiger partial charge in [-0.05, 0) is 38.0 Å². The van der Waals surface area contributed by atoms with Crippen LogP contribution >= 0.6 is 0 Å². The van der Waals surface area contributed by atoms with E-state index in [4.69, 9.17) is 15.9 Å². The summed E-state index contributed by atoms with van der Waals surface area (Å²) in [7, 11) is 0. The van der Waals surface area contributed by atoms with E-state index in [1.54, 1.807) is 0 Å². The van der Waals surface area contributed by atoms with Crippen molar-refractivity contribution in [2.45, 2.75) is 27.2 Å². The van der Waals surface area contributed by atoms with Crippen LogP contribution in [-0.4, -0.2) is 12.3 Å². The van der Waals surface area contributed by atoms with E-state index in [0.29, 0.717) is 23.8 Å². The zero-order valence-corrected chi connectivity index (χ0v) is 10.2. The number of hydrogen-bond acceptors (Lipinski definition) is 3. The van der Waals surface area contributed by atoms with Gasteiger partial charge >= 0.3 is 0 Å². The van der Waals surface area contributed by atoms with Crippen molar-refractivity contribution in [1.82, 2.24) is 0 Å². The maximum absolute atomic E-state index is 7.59. The van der Waals surface area contributed by atoms with E-state index in [1.165, 1.54) is 0 Å². The first kappa shape index (κ1) is 12.6. The molecule has 1 unspecified atom stereocenters. The first-order valence-corrected chi connectivity index (χ1v) is 5.58. The van der Waals surface area contributed by atoms with Crippen molar-refractivity contribution >= 4 is 11.4 Å². The second-order valence-corrected chi connectivity index (χ2v) is 4.14. The number of ether oxygens (including phenoxy) is 1. The minimum atomic E-state index is 0.181. The van der Waals surface area contributed by atoms with Crippen LogP contribution in [0, 0.1) is 18.3 Å². The Labute approximate surface area is 97.1 Å². The van der Waals surface area contributed by atoms with Gasteiger partial charge in [0.25, 0.3) is 0 Å². The lowest BCUT2D eigenvalue weighted by Gasteiger charge is -2.15. The Morgan fingerprint density at radius 3 is 2.69 bits per heavy atom. The van der Waals surface area contributed by atoms with Gasteiger partial charge in [-0.25, -0.2) is 0 Å². The Hall–Kier alpha value is -1.51. The van der Waals surface area contributed by atoms with Crippen LogP contribution < -0.4 is 10.5 Å². The lowest BCUT2D eigenvalue weighted by atomic mass is 10.0. The standard InChI is InChI=1S/C13H20N2O/c1-4-11(10(3)14)8-16-13-6-5-9(2)7-12(13)15/h5-7,11,14H,4,8,15H2,1-3H3. The van der Waals surface area contributed by atoms with Crippen molar-refractivity contribution in [2.24, 2.45) is 5.92 Å². The normalized spacial score (nSPS) is 12.2. The van der Waals surface area contributed by atoms with Crippen LogP contribution in [0.4, 0.5) is 5.69 Å². The molecule has 16 heavy (non-hydrogen) atoms. The predicted molar refractivity (Wildman–Crippen MR) is 68.3 cm³/mol. The maximum atomic E-state index is 7.59. The molecule has 0 saturated heterocycles. The average Bonchev–Trinajstić information content (AvgIpc) is 2.21. The number of anilines is 1. The third-order valence-corrected chi connectivity index (χ3v) is 2.71. The highest BCUT2D eigenvalue weighted by Crippen LogP contribution is 2.23. The fourth-order valence-corrected chi connectivity index (χ4v) is 1.54. The van der Waals surface area contributed by atoms with Crippen molar-refractivity contribution in [3.63, 3.8) is 0 Å². The molecule has 0 aromatic heterocycles. The molecule has 1 rings (SSSR count). The van der Waals surface area contributed by atoms with Gasteiger partial charge in [-0.1, -0.05) is 13.0 Å². The molecule has 1 atom stereocenters. The molecule has 3 nitrogen and oxygen atoms in total. The van der Waals surface area contributed by atoms with Gasteiger partial charge in [0.15, 0.2) is 0 Å². The summed E-state index contributed by atoms with van der Waals surface area (Å²) in [5.41, 5.74) is 8.30. The molecular weight excluding hydrogens is 200 g/mol. The predicted octanol–water partition coefficient (Wildman–Crippen LogP) is 3.02. The largest absolute Gasteiger partial charge is 0.491 e. The molecule has 0 heterocycles. The number of nitrogens with two attached hydrogens (primary N) is 1. The summed E-state index contributed by atoms with van der Waals surface area (Å²) in [6, 6.07) is 5.76. The van der Waals surface area contributed by atoms with E-state index in [9.17, 15) is 0 Å². The topological polar surface area (TPSA) is 59.1 Å². The average molecular weight is 220 g/mol. The fraction of sp³-hybridized carbons (Fsp3) is 0.462. The lowest BCUT2D eigenvalue weighted by molar-refractivity contribution is 0.282. The van der Waals surface area contributed by atoms with Gasteiger partial charge in [-0.2, -0.15) is 0 Å². The molecule has 1 aromatic carbocycles. The molecule has 0 aliphatic carbocycles. The van der Waals surface area contributed by atoms with Crippen molar-refractivity contribution in [2.75, 3.05) is 12.3 Å². The number of nitrogen functional groups attached to an aromatic ring is 1. The summed E-state index contributed by atoms with van der Waals surface area (Å²) in [4.78, 5) is 0. The number of nitrogens with one attached hydrogen (secondary N) is 1. The van der Waals surface area contributed by atoms with Gasteiger partial charge < -0.3 is 15.9 Å². The van der Waals surface area contributed by atoms with Gasteiger partial charge in [-0.15, -0.1) is 0 Å². The number of rotatable bonds is 5. The highest BCUT2D eigenvalue weighted by atomic mass is 16.5. The van der Waals surface area contributed by atoms with E-state index in [0.717, 1.165) is 12.0 Å². The number of benzene rings is 1. The van der Waals surface area contributed by atoms with Gasteiger partial charge in [0.05, 0.1) is 12.3 Å². The molecule has 0 saturated carbocycles. The molecule has 0 amide bonds. The molecule has 0 fully saturated rings. The zero-order chi connectivity index (χ0) is 12.1. The number of aryl methyl sites for hydroxylation is 1. The molecule has 0 aliphatic rings. The third kappa shape index (κ3) is 3.26. The van der Waals surface area contributed by atoms with Crippen LogP contribution in [0.5, 0.6) is 5.75 Å². The zero-order valence-electron chi connectivity index (χ0n) is 10.2. The van der Waals surface area contributed by atoms with Crippen LogP contribution in [0.3, 0.4) is 0 Å². The van der Waals surface area contributed by atoms with Gasteiger partial charge in [0, 0.05) is 11.6 Å². The van der Waals surface area contributed by atoms with Gasteiger partial charge in [-0.3, -0.25) is 0 Å². The fourth-order valence-electron chi connectivity index (χ4n) is 1.54. The van der Waals surface area contributed by atoms with E-state index in [1.807, 2.05) is 32.0 Å². The lowest BCUT2D eigenvalue weighted by Crippen LogP contribution is -2.18. The molecule has 0 radical (unpaired) electrons. The van der Waals surface area contributed by atoms with E-state index >= 15 is 0 Å². The van der Waals surface area contributed by atoms with Crippen LogP contribution in [0.2, 0.25) is 0 Å². The molecule has 0 spiro atoms. The quantitative estimate of drug-likeness (QED) is 0.592. The smallest absolute Gasteiger partial charge is 0.142 e. The summed E-state index contributed by atoms with van der Waals surface area (Å²) in [5, 5.41) is 7.59. The van der Waals surface area contributed by atoms with E-state index in [2.05, 4.69) is 6.92 Å². The highest BCUT2D eigenvalue weighted by Gasteiger charge is 2.10. The second-order valence-electron chi connectivity index (χ2n) is 4.14. The van der Waals surface area contributed by atoms with Crippen LogP contribution in [-0.2, 0) is 0 Å². The molecule has 88 valence electrons. The molecule has 3 N–H and O–H groups in total. The Kier molecular flexibility index (Phi) is 4.35. The van der Waals surface area contributed by atoms with Gasteiger partial charge in [0.1, 0.15) is 5.75 Å². The van der Waals surface area contributed by atoms with Crippen LogP contribution in [0.15, 0.2) is 18.2 Å². The van der Waals surface area contributed by atoms with E-state index < -0.39 is 0 Å².